The van der Waals surface area contributed by atoms with Gasteiger partial charge in [-0.1, -0.05) is 79.1 Å². The van der Waals surface area contributed by atoms with Gasteiger partial charge in [0.05, 0.1) is 26.4 Å². The van der Waals surface area contributed by atoms with Crippen molar-refractivity contribution in [1.29, 1.82) is 0 Å². The normalized spacial score (nSPS) is 10.8. The molecule has 0 radical (unpaired) electrons. The van der Waals surface area contributed by atoms with Crippen molar-refractivity contribution < 1.29 is 34.0 Å². The average Bonchev–Trinajstić information content (AvgIpc) is 2.82. The largest absolute Gasteiger partial charge is 0.503 e. The van der Waals surface area contributed by atoms with Gasteiger partial charge in [-0.2, -0.15) is 0 Å². The molecule has 0 heterocycles. The van der Waals surface area contributed by atoms with Crippen LogP contribution in [0.1, 0.15) is 115 Å². The van der Waals surface area contributed by atoms with Crippen LogP contribution in [-0.2, 0) is 0 Å². The first-order valence-corrected chi connectivity index (χ1v) is 13.2. The van der Waals surface area contributed by atoms with E-state index in [-0.39, 0.29) is 28.6 Å². The first-order valence-electron chi connectivity index (χ1n) is 13.2. The number of aromatic hydroxyl groups is 1. The number of benzene rings is 1. The highest BCUT2D eigenvalue weighted by Crippen LogP contribution is 2.53. The van der Waals surface area contributed by atoms with Gasteiger partial charge in [0.15, 0.2) is 17.1 Å². The van der Waals surface area contributed by atoms with E-state index in [1.165, 1.54) is 0 Å². The molecule has 0 aliphatic heterocycles. The molecule has 0 spiro atoms. The fourth-order valence-electron chi connectivity index (χ4n) is 3.49. The molecule has 2 N–H and O–H groups in total. The van der Waals surface area contributed by atoms with Crippen molar-refractivity contribution in [3.63, 3.8) is 0 Å². The Balaban J connectivity index is 3.48. The zero-order valence-electron chi connectivity index (χ0n) is 21.7. The molecule has 1 aromatic carbocycles. The Kier molecular flexibility index (Phi) is 15.8. The lowest BCUT2D eigenvalue weighted by molar-refractivity contribution is 0.0685. The van der Waals surface area contributed by atoms with Crippen LogP contribution in [0.15, 0.2) is 0 Å². The van der Waals surface area contributed by atoms with Crippen molar-refractivity contribution in [2.45, 2.75) is 105 Å². The Morgan fingerprint density at radius 2 is 0.882 bits per heavy atom. The highest BCUT2D eigenvalue weighted by atomic mass is 16.6. The Labute approximate surface area is 205 Å². The Bertz CT molecular complexity index is 703. The molecule has 0 saturated carbocycles. The summed E-state index contributed by atoms with van der Waals surface area (Å²) in [5.74, 6) is -1.28. The van der Waals surface area contributed by atoms with Gasteiger partial charge in [0.25, 0.3) is 0 Å². The van der Waals surface area contributed by atoms with E-state index in [2.05, 4.69) is 27.7 Å². The lowest BCUT2D eigenvalue weighted by Crippen LogP contribution is -2.12. The summed E-state index contributed by atoms with van der Waals surface area (Å²) >= 11 is 0. The van der Waals surface area contributed by atoms with Gasteiger partial charge in [-0.05, 0) is 25.7 Å². The van der Waals surface area contributed by atoms with E-state index in [4.69, 9.17) is 18.9 Å². The first kappa shape index (κ1) is 29.7. The summed E-state index contributed by atoms with van der Waals surface area (Å²) in [5, 5.41) is 21.0. The molecule has 0 unspecified atom stereocenters. The maximum atomic E-state index is 12.2. The maximum Gasteiger partial charge on any atom is 0.343 e. The number of phenols is 1. The molecule has 0 saturated heterocycles. The number of rotatable bonds is 21. The van der Waals surface area contributed by atoms with Crippen molar-refractivity contribution in [1.82, 2.24) is 0 Å². The van der Waals surface area contributed by atoms with Crippen LogP contribution in [0.4, 0.5) is 0 Å². The van der Waals surface area contributed by atoms with E-state index in [0.29, 0.717) is 26.4 Å². The van der Waals surface area contributed by atoms with Gasteiger partial charge in [-0.3, -0.25) is 0 Å². The number of ether oxygens (including phenoxy) is 4. The third kappa shape index (κ3) is 9.90. The van der Waals surface area contributed by atoms with Crippen molar-refractivity contribution >= 4 is 5.97 Å². The zero-order chi connectivity index (χ0) is 25.2. The standard InChI is InChI=1S/C27H46O7/c1-5-9-13-17-31-23-21(27(29)30)22(28)24(32-18-14-10-6-2)26(34-20-16-12-8-4)25(23)33-19-15-11-7-3/h28H,5-20H2,1-4H3,(H,29,30). The van der Waals surface area contributed by atoms with Gasteiger partial charge in [0, 0.05) is 0 Å². The van der Waals surface area contributed by atoms with E-state index in [9.17, 15) is 15.0 Å². The fourth-order valence-corrected chi connectivity index (χ4v) is 3.49. The van der Waals surface area contributed by atoms with Crippen LogP contribution in [0.2, 0.25) is 0 Å². The third-order valence-electron chi connectivity index (χ3n) is 5.49. The van der Waals surface area contributed by atoms with Crippen LogP contribution in [0.5, 0.6) is 28.7 Å². The van der Waals surface area contributed by atoms with Crippen LogP contribution in [-0.4, -0.2) is 42.6 Å². The molecule has 7 heteroatoms. The number of unbranched alkanes of at least 4 members (excludes halogenated alkanes) is 8. The van der Waals surface area contributed by atoms with Gasteiger partial charge in [-0.15, -0.1) is 0 Å². The van der Waals surface area contributed by atoms with E-state index in [1.54, 1.807) is 0 Å². The second-order valence-corrected chi connectivity index (χ2v) is 8.57. The number of hydrogen-bond donors (Lipinski definition) is 2. The molecule has 0 fully saturated rings. The second kappa shape index (κ2) is 18.1. The highest BCUT2D eigenvalue weighted by Gasteiger charge is 2.32. The Morgan fingerprint density at radius 1 is 0.559 bits per heavy atom. The molecule has 0 aliphatic rings. The molecule has 7 nitrogen and oxygen atoms in total. The van der Waals surface area contributed by atoms with Crippen molar-refractivity contribution in [2.75, 3.05) is 26.4 Å². The van der Waals surface area contributed by atoms with E-state index in [1.807, 2.05) is 0 Å². The minimum absolute atomic E-state index is 0.0176. The van der Waals surface area contributed by atoms with Gasteiger partial charge in [0.1, 0.15) is 0 Å². The SMILES string of the molecule is CCCCCOc1c(O)c(C(=O)O)c(OCCCCC)c(OCCCCC)c1OCCCCC. The summed E-state index contributed by atoms with van der Waals surface area (Å²) in [4.78, 5) is 12.2. The Hall–Kier alpha value is -2.31. The molecule has 1 rings (SSSR count). The molecule has 34 heavy (non-hydrogen) atoms. The van der Waals surface area contributed by atoms with Crippen LogP contribution < -0.4 is 18.9 Å². The predicted octanol–water partition coefficient (Wildman–Crippen LogP) is 7.37. The minimum atomic E-state index is -1.29. The molecule has 196 valence electrons. The summed E-state index contributed by atoms with van der Waals surface area (Å²) in [5.41, 5.74) is -0.339. The summed E-state index contributed by atoms with van der Waals surface area (Å²) in [6.45, 7) is 9.87. The smallest absolute Gasteiger partial charge is 0.343 e. The van der Waals surface area contributed by atoms with Gasteiger partial charge in [-0.25, -0.2) is 4.79 Å². The van der Waals surface area contributed by atoms with Crippen LogP contribution in [0, 0.1) is 0 Å². The van der Waals surface area contributed by atoms with Gasteiger partial charge < -0.3 is 29.2 Å². The fraction of sp³-hybridized carbons (Fsp3) is 0.741. The predicted molar refractivity (Wildman–Crippen MR) is 135 cm³/mol. The zero-order valence-corrected chi connectivity index (χ0v) is 21.7. The average molecular weight is 483 g/mol. The molecule has 0 aliphatic carbocycles. The molecule has 0 amide bonds. The molecular formula is C27H46O7. The van der Waals surface area contributed by atoms with Crippen LogP contribution >= 0.6 is 0 Å². The summed E-state index contributed by atoms with van der Waals surface area (Å²) in [6, 6.07) is 0. The van der Waals surface area contributed by atoms with Crippen LogP contribution in [0.3, 0.4) is 0 Å². The first-order chi connectivity index (χ1) is 16.5. The Morgan fingerprint density at radius 3 is 1.24 bits per heavy atom. The number of carbonyl (C=O) groups is 1. The molecule has 1 aromatic rings. The van der Waals surface area contributed by atoms with E-state index in [0.717, 1.165) is 77.0 Å². The molecular weight excluding hydrogens is 436 g/mol. The van der Waals surface area contributed by atoms with Crippen molar-refractivity contribution in [3.05, 3.63) is 5.56 Å². The summed E-state index contributed by atoms with van der Waals surface area (Å²) in [7, 11) is 0. The maximum absolute atomic E-state index is 12.2. The molecule has 0 atom stereocenters. The second-order valence-electron chi connectivity index (χ2n) is 8.57. The van der Waals surface area contributed by atoms with Gasteiger partial charge in [0.2, 0.25) is 17.2 Å². The third-order valence-corrected chi connectivity index (χ3v) is 5.49. The van der Waals surface area contributed by atoms with Crippen molar-refractivity contribution in [3.8, 4) is 28.7 Å². The minimum Gasteiger partial charge on any atom is -0.503 e. The number of hydrogen-bond acceptors (Lipinski definition) is 6. The lowest BCUT2D eigenvalue weighted by Gasteiger charge is -2.23. The summed E-state index contributed by atoms with van der Waals surface area (Å²) < 4.78 is 24.0. The number of carboxylic acid groups (broad SMARTS) is 1. The quantitative estimate of drug-likeness (QED) is 0.177. The topological polar surface area (TPSA) is 94.5 Å². The number of carboxylic acids is 1. The van der Waals surface area contributed by atoms with Crippen molar-refractivity contribution in [2.24, 2.45) is 0 Å². The highest BCUT2D eigenvalue weighted by molar-refractivity contribution is 5.97. The monoisotopic (exact) mass is 482 g/mol. The van der Waals surface area contributed by atoms with Gasteiger partial charge >= 0.3 is 5.97 Å². The lowest BCUT2D eigenvalue weighted by atomic mass is 10.1. The molecule has 0 aromatic heterocycles. The summed E-state index contributed by atoms with van der Waals surface area (Å²) in [6.07, 6.45) is 11.2. The van der Waals surface area contributed by atoms with Crippen LogP contribution in [0.25, 0.3) is 0 Å². The molecule has 0 bridgehead atoms. The van der Waals surface area contributed by atoms with E-state index < -0.39 is 11.7 Å². The van der Waals surface area contributed by atoms with E-state index >= 15 is 0 Å². The number of aromatic carboxylic acids is 1.